The van der Waals surface area contributed by atoms with Crippen LogP contribution in [0.4, 0.5) is 0 Å². The molecular formula is C17H19NO2. The van der Waals surface area contributed by atoms with Gasteiger partial charge in [-0.3, -0.25) is 0 Å². The topological polar surface area (TPSA) is 38.3 Å². The third-order valence-electron chi connectivity index (χ3n) is 3.05. The van der Waals surface area contributed by atoms with Crippen LogP contribution in [0.3, 0.4) is 0 Å². The van der Waals surface area contributed by atoms with Crippen molar-refractivity contribution in [2.24, 2.45) is 0 Å². The van der Waals surface area contributed by atoms with Gasteiger partial charge in [-0.25, -0.2) is 0 Å². The van der Waals surface area contributed by atoms with E-state index in [0.717, 1.165) is 12.7 Å². The smallest absolute Gasteiger partial charge is 0.138 e. The predicted octanol–water partition coefficient (Wildman–Crippen LogP) is 3.00. The summed E-state index contributed by atoms with van der Waals surface area (Å²) in [6.45, 7) is 2.28. The van der Waals surface area contributed by atoms with Crippen molar-refractivity contribution in [3.8, 4) is 11.1 Å². The summed E-state index contributed by atoms with van der Waals surface area (Å²) in [4.78, 5) is 15.8. The molecule has 0 aliphatic heterocycles. The summed E-state index contributed by atoms with van der Waals surface area (Å²) in [6, 6.07) is 18.3. The molecule has 2 rings (SSSR count). The van der Waals surface area contributed by atoms with E-state index in [9.17, 15) is 4.79 Å². The molecule has 0 saturated carbocycles. The minimum atomic E-state index is -0.278. The Hall–Kier alpha value is -1.97. The van der Waals surface area contributed by atoms with Crippen molar-refractivity contribution < 1.29 is 9.63 Å². The first-order chi connectivity index (χ1) is 9.81. The minimum Gasteiger partial charge on any atom is -0.302 e. The van der Waals surface area contributed by atoms with Crippen molar-refractivity contribution in [3.63, 3.8) is 0 Å². The summed E-state index contributed by atoms with van der Waals surface area (Å²) in [6.07, 6.45) is 1.61. The molecule has 3 nitrogen and oxygen atoms in total. The molecule has 0 saturated heterocycles. The van der Waals surface area contributed by atoms with E-state index in [4.69, 9.17) is 4.84 Å². The maximum absolute atomic E-state index is 10.5. The monoisotopic (exact) mass is 269 g/mol. The van der Waals surface area contributed by atoms with E-state index >= 15 is 0 Å². The van der Waals surface area contributed by atoms with Crippen LogP contribution < -0.4 is 5.48 Å². The lowest BCUT2D eigenvalue weighted by Gasteiger charge is -2.11. The standard InChI is InChI=1S/C17H19NO2/c1-14(13-19)18-20-12-11-16-9-5-6-10-17(16)15-7-3-2-4-8-15/h2-10,13-14,18H,11-12H2,1H3/t14-/m0/s1. The number of hydroxylamine groups is 1. The fourth-order valence-electron chi connectivity index (χ4n) is 2.02. The van der Waals surface area contributed by atoms with Crippen LogP contribution in [-0.4, -0.2) is 18.9 Å². The normalized spacial score (nSPS) is 12.1. The van der Waals surface area contributed by atoms with Crippen LogP contribution in [0, 0.1) is 0 Å². The van der Waals surface area contributed by atoms with Gasteiger partial charge in [0.1, 0.15) is 6.29 Å². The highest BCUT2D eigenvalue weighted by Gasteiger charge is 2.04. The summed E-state index contributed by atoms with van der Waals surface area (Å²) in [7, 11) is 0. The van der Waals surface area contributed by atoms with Gasteiger partial charge in [-0.2, -0.15) is 5.48 Å². The van der Waals surface area contributed by atoms with E-state index in [1.807, 2.05) is 30.3 Å². The van der Waals surface area contributed by atoms with E-state index in [0.29, 0.717) is 6.61 Å². The Bertz CT molecular complexity index is 540. The zero-order valence-corrected chi connectivity index (χ0v) is 11.6. The van der Waals surface area contributed by atoms with Crippen molar-refractivity contribution in [2.75, 3.05) is 6.61 Å². The number of carbonyl (C=O) groups excluding carboxylic acids is 1. The van der Waals surface area contributed by atoms with Crippen LogP contribution >= 0.6 is 0 Å². The molecule has 104 valence electrons. The summed E-state index contributed by atoms with van der Waals surface area (Å²) in [5.41, 5.74) is 6.36. The number of hydrogen-bond acceptors (Lipinski definition) is 3. The van der Waals surface area contributed by atoms with Gasteiger partial charge in [-0.15, -0.1) is 0 Å². The molecule has 20 heavy (non-hydrogen) atoms. The number of aldehydes is 1. The van der Waals surface area contributed by atoms with Gasteiger partial charge in [0.15, 0.2) is 0 Å². The molecule has 0 fully saturated rings. The van der Waals surface area contributed by atoms with E-state index in [2.05, 4.69) is 29.7 Å². The average molecular weight is 269 g/mol. The van der Waals surface area contributed by atoms with E-state index in [1.165, 1.54) is 16.7 Å². The number of benzene rings is 2. The molecule has 0 bridgehead atoms. The molecule has 0 amide bonds. The maximum Gasteiger partial charge on any atom is 0.138 e. The second-order valence-electron chi connectivity index (χ2n) is 4.66. The van der Waals surface area contributed by atoms with Crippen molar-refractivity contribution in [3.05, 3.63) is 60.2 Å². The van der Waals surface area contributed by atoms with Gasteiger partial charge in [0, 0.05) is 0 Å². The third-order valence-corrected chi connectivity index (χ3v) is 3.05. The average Bonchev–Trinajstić information content (AvgIpc) is 2.52. The Morgan fingerprint density at radius 3 is 2.55 bits per heavy atom. The van der Waals surface area contributed by atoms with E-state index < -0.39 is 0 Å². The number of rotatable bonds is 7. The van der Waals surface area contributed by atoms with E-state index in [-0.39, 0.29) is 6.04 Å². The van der Waals surface area contributed by atoms with Crippen LogP contribution in [-0.2, 0) is 16.1 Å². The number of nitrogens with one attached hydrogen (secondary N) is 1. The molecule has 3 heteroatoms. The molecule has 1 N–H and O–H groups in total. The molecule has 0 aromatic heterocycles. The molecule has 2 aromatic rings. The second-order valence-corrected chi connectivity index (χ2v) is 4.66. The fourth-order valence-corrected chi connectivity index (χ4v) is 2.02. The largest absolute Gasteiger partial charge is 0.302 e. The lowest BCUT2D eigenvalue weighted by Crippen LogP contribution is -2.28. The molecule has 0 aliphatic rings. The molecule has 0 aliphatic carbocycles. The van der Waals surface area contributed by atoms with Crippen molar-refractivity contribution >= 4 is 6.29 Å². The summed E-state index contributed by atoms with van der Waals surface area (Å²) < 4.78 is 0. The lowest BCUT2D eigenvalue weighted by molar-refractivity contribution is -0.112. The van der Waals surface area contributed by atoms with Gasteiger partial charge in [0.05, 0.1) is 12.6 Å². The van der Waals surface area contributed by atoms with Gasteiger partial charge >= 0.3 is 0 Å². The Balaban J connectivity index is 2.00. The molecule has 0 heterocycles. The molecule has 1 atom stereocenters. The van der Waals surface area contributed by atoms with Crippen LogP contribution in [0.15, 0.2) is 54.6 Å². The zero-order valence-electron chi connectivity index (χ0n) is 11.6. The zero-order chi connectivity index (χ0) is 14.2. The fraction of sp³-hybridized carbons (Fsp3) is 0.235. The summed E-state index contributed by atoms with van der Waals surface area (Å²) in [5.74, 6) is 0. The van der Waals surface area contributed by atoms with Crippen LogP contribution in [0.1, 0.15) is 12.5 Å². The SMILES string of the molecule is C[C@@H](C=O)NOCCc1ccccc1-c1ccccc1. The van der Waals surface area contributed by atoms with Gasteiger partial charge < -0.3 is 9.63 Å². The number of hydrogen-bond donors (Lipinski definition) is 1. The Labute approximate surface area is 119 Å². The van der Waals surface area contributed by atoms with Gasteiger partial charge in [0.25, 0.3) is 0 Å². The first-order valence-electron chi connectivity index (χ1n) is 6.77. The third kappa shape index (κ3) is 4.02. The number of carbonyl (C=O) groups is 1. The van der Waals surface area contributed by atoms with Crippen LogP contribution in [0.5, 0.6) is 0 Å². The summed E-state index contributed by atoms with van der Waals surface area (Å²) >= 11 is 0. The van der Waals surface area contributed by atoms with Crippen LogP contribution in [0.25, 0.3) is 11.1 Å². The second kappa shape index (κ2) is 7.58. The maximum atomic E-state index is 10.5. The van der Waals surface area contributed by atoms with Crippen molar-refractivity contribution in [2.45, 2.75) is 19.4 Å². The molecule has 0 unspecified atom stereocenters. The first-order valence-corrected chi connectivity index (χ1v) is 6.77. The quantitative estimate of drug-likeness (QED) is 0.477. The molecule has 2 aromatic carbocycles. The van der Waals surface area contributed by atoms with Gasteiger partial charge in [0.2, 0.25) is 0 Å². The predicted molar refractivity (Wildman–Crippen MR) is 80.2 cm³/mol. The van der Waals surface area contributed by atoms with Crippen LogP contribution in [0.2, 0.25) is 0 Å². The van der Waals surface area contributed by atoms with Gasteiger partial charge in [-0.1, -0.05) is 54.6 Å². The highest BCUT2D eigenvalue weighted by molar-refractivity contribution is 5.67. The van der Waals surface area contributed by atoms with Gasteiger partial charge in [-0.05, 0) is 30.0 Å². The molecular weight excluding hydrogens is 250 g/mol. The molecule has 0 spiro atoms. The van der Waals surface area contributed by atoms with E-state index in [1.54, 1.807) is 6.92 Å². The Morgan fingerprint density at radius 2 is 1.80 bits per heavy atom. The Kier molecular flexibility index (Phi) is 5.47. The first kappa shape index (κ1) is 14.4. The van der Waals surface area contributed by atoms with Crippen molar-refractivity contribution in [1.82, 2.24) is 5.48 Å². The Morgan fingerprint density at radius 1 is 1.10 bits per heavy atom. The summed E-state index contributed by atoms with van der Waals surface area (Å²) in [5, 5.41) is 0. The minimum absolute atomic E-state index is 0.278. The van der Waals surface area contributed by atoms with Crippen molar-refractivity contribution in [1.29, 1.82) is 0 Å². The highest BCUT2D eigenvalue weighted by atomic mass is 16.6. The highest BCUT2D eigenvalue weighted by Crippen LogP contribution is 2.23. The lowest BCUT2D eigenvalue weighted by atomic mass is 9.98. The molecule has 0 radical (unpaired) electrons.